The van der Waals surface area contributed by atoms with E-state index in [1.807, 2.05) is 12.1 Å². The van der Waals surface area contributed by atoms with E-state index in [2.05, 4.69) is 15.6 Å². The number of carboxylic acids is 1. The smallest absolute Gasteiger partial charge is 0.550 e. The van der Waals surface area contributed by atoms with Gasteiger partial charge >= 0.3 is 35.6 Å². The molecule has 156 valence electrons. The number of carbonyl (C=O) groups excluding carboxylic acids is 2. The Balaban J connectivity index is 0.00000341. The zero-order valence-corrected chi connectivity index (χ0v) is 20.4. The summed E-state index contributed by atoms with van der Waals surface area (Å²) in [5.41, 5.74) is 0.694. The number of carbonyl (C=O) groups is 2. The van der Waals surface area contributed by atoms with Gasteiger partial charge < -0.3 is 20.5 Å². The van der Waals surface area contributed by atoms with Gasteiger partial charge in [0.15, 0.2) is 0 Å². The molecule has 1 heterocycles. The summed E-state index contributed by atoms with van der Waals surface area (Å²) in [6.07, 6.45) is 2.75. The van der Waals surface area contributed by atoms with Crippen molar-refractivity contribution >= 4 is 34.7 Å². The number of rotatable bonds is 7. The molecule has 3 aromatic rings. The van der Waals surface area contributed by atoms with E-state index in [1.165, 1.54) is 23.5 Å². The van der Waals surface area contributed by atoms with Crippen molar-refractivity contribution in [1.29, 1.82) is 0 Å². The van der Waals surface area contributed by atoms with Crippen LogP contribution in [0.4, 0.5) is 20.6 Å². The van der Waals surface area contributed by atoms with Gasteiger partial charge in [0.05, 0.1) is 15.6 Å². The molecule has 0 aliphatic rings. The maximum absolute atomic E-state index is 13.6. The molecule has 0 spiro atoms. The van der Waals surface area contributed by atoms with Crippen molar-refractivity contribution in [3.63, 3.8) is 0 Å². The molecule has 0 radical (unpaired) electrons. The van der Waals surface area contributed by atoms with E-state index in [4.69, 9.17) is 0 Å². The minimum atomic E-state index is -1.07. The van der Waals surface area contributed by atoms with E-state index in [9.17, 15) is 19.1 Å². The Bertz CT molecular complexity index is 1050. The number of aryl methyl sites for hydroxylation is 1. The quantitative estimate of drug-likeness (QED) is 0.532. The number of thiazole rings is 1. The molecule has 0 fully saturated rings. The van der Waals surface area contributed by atoms with Crippen LogP contribution in [-0.4, -0.2) is 17.0 Å². The van der Waals surface area contributed by atoms with Crippen LogP contribution in [0, 0.1) is 11.2 Å². The molecule has 0 atom stereocenters. The molecule has 9 heteroatoms. The molecule has 0 saturated heterocycles. The van der Waals surface area contributed by atoms with Crippen LogP contribution < -0.4 is 45.3 Å². The van der Waals surface area contributed by atoms with Crippen LogP contribution in [0.5, 0.6) is 0 Å². The first kappa shape index (κ1) is 25.0. The molecular weight excluding hydrogens is 428 g/mol. The number of amides is 2. The molecule has 0 unspecified atom stereocenters. The van der Waals surface area contributed by atoms with E-state index < -0.39 is 23.2 Å². The summed E-state index contributed by atoms with van der Waals surface area (Å²) >= 11 is 1.50. The Morgan fingerprint density at radius 1 is 1.10 bits per heavy atom. The summed E-state index contributed by atoms with van der Waals surface area (Å²) in [7, 11) is 0. The van der Waals surface area contributed by atoms with Crippen molar-refractivity contribution in [1.82, 2.24) is 4.98 Å². The van der Waals surface area contributed by atoms with Gasteiger partial charge in [0.1, 0.15) is 5.82 Å². The summed E-state index contributed by atoms with van der Waals surface area (Å²) in [5, 5.41) is 17.1. The van der Waals surface area contributed by atoms with Gasteiger partial charge in [0.25, 0.3) is 0 Å². The van der Waals surface area contributed by atoms with Crippen molar-refractivity contribution < 1.29 is 48.6 Å². The normalized spacial score (nSPS) is 10.8. The van der Waals surface area contributed by atoms with Crippen LogP contribution in [0.2, 0.25) is 0 Å². The molecule has 2 amide bonds. The van der Waals surface area contributed by atoms with E-state index >= 15 is 0 Å². The molecule has 0 bridgehead atoms. The van der Waals surface area contributed by atoms with E-state index in [0.29, 0.717) is 18.5 Å². The van der Waals surface area contributed by atoms with Crippen LogP contribution in [0.15, 0.2) is 54.7 Å². The molecule has 2 N–H and O–H groups in total. The number of aromatic nitrogens is 1. The average molecular weight is 449 g/mol. The van der Waals surface area contributed by atoms with Crippen LogP contribution >= 0.6 is 11.3 Å². The van der Waals surface area contributed by atoms with Gasteiger partial charge in [0.2, 0.25) is 0 Å². The summed E-state index contributed by atoms with van der Waals surface area (Å²) < 4.78 is 13.6. The van der Waals surface area contributed by atoms with E-state index in [-0.39, 0.29) is 35.2 Å². The summed E-state index contributed by atoms with van der Waals surface area (Å²) in [5.74, 6) is -1.58. The van der Waals surface area contributed by atoms with Gasteiger partial charge in [-0.25, -0.2) is 14.2 Å². The Morgan fingerprint density at radius 2 is 1.77 bits per heavy atom. The number of halogens is 1. The van der Waals surface area contributed by atoms with Crippen LogP contribution in [0.25, 0.3) is 10.4 Å². The number of hydrogen-bond donors (Lipinski definition) is 2. The third kappa shape index (κ3) is 6.87. The number of para-hydroxylation sites is 1. The SMILES string of the molecule is CC(C)(CCc1ncc(-c2ccc(NC(=O)Nc3ccccc3F)cc2)s1)C(=O)[O-].[Na+]. The van der Waals surface area contributed by atoms with Gasteiger partial charge in [-0.3, -0.25) is 0 Å². The molecule has 0 saturated carbocycles. The monoisotopic (exact) mass is 449 g/mol. The molecule has 0 aliphatic carbocycles. The number of aliphatic carboxylic acids is 1. The number of benzene rings is 2. The number of nitrogens with one attached hydrogen (secondary N) is 2. The largest absolute Gasteiger partial charge is 1.00 e. The number of urea groups is 1. The van der Waals surface area contributed by atoms with E-state index in [0.717, 1.165) is 15.4 Å². The van der Waals surface area contributed by atoms with Crippen LogP contribution in [0.3, 0.4) is 0 Å². The van der Waals surface area contributed by atoms with Crippen molar-refractivity contribution in [2.45, 2.75) is 26.7 Å². The fourth-order valence-electron chi connectivity index (χ4n) is 2.65. The fraction of sp³-hybridized carbons (Fsp3) is 0.227. The Morgan fingerprint density at radius 3 is 2.42 bits per heavy atom. The van der Waals surface area contributed by atoms with Gasteiger partial charge in [-0.1, -0.05) is 38.1 Å². The first-order valence-corrected chi connectivity index (χ1v) is 10.2. The predicted octanol–water partition coefficient (Wildman–Crippen LogP) is 1.31. The molecular formula is C22H21FN3NaO3S. The summed E-state index contributed by atoms with van der Waals surface area (Å²) in [6, 6.07) is 12.6. The number of carboxylic acid groups (broad SMARTS) is 1. The average Bonchev–Trinajstić information content (AvgIpc) is 3.18. The Kier molecular flexibility index (Phi) is 8.76. The van der Waals surface area contributed by atoms with Crippen molar-refractivity contribution in [3.05, 3.63) is 65.6 Å². The second kappa shape index (κ2) is 10.9. The van der Waals surface area contributed by atoms with Crippen molar-refractivity contribution in [2.75, 3.05) is 10.6 Å². The standard InChI is InChI=1S/C22H22FN3O3S.Na/c1-22(2,20(27)28)12-11-19-24-13-18(30-19)14-7-9-15(10-8-14)25-21(29)26-17-6-4-3-5-16(17)23;/h3-10,13H,11-12H2,1-2H3,(H,27,28)(H2,25,26,29);/q;+1/p-1. The minimum absolute atomic E-state index is 0. The second-order valence-corrected chi connectivity index (χ2v) is 8.54. The molecule has 0 aliphatic heterocycles. The van der Waals surface area contributed by atoms with Crippen molar-refractivity contribution in [2.24, 2.45) is 5.41 Å². The second-order valence-electron chi connectivity index (χ2n) is 7.43. The Labute approximate surface area is 206 Å². The molecule has 3 rings (SSSR count). The fourth-order valence-corrected chi connectivity index (χ4v) is 3.57. The molecule has 31 heavy (non-hydrogen) atoms. The van der Waals surface area contributed by atoms with Gasteiger partial charge in [-0.2, -0.15) is 0 Å². The maximum atomic E-state index is 13.6. The zero-order chi connectivity index (χ0) is 21.7. The zero-order valence-electron chi connectivity index (χ0n) is 17.6. The van der Waals surface area contributed by atoms with Crippen LogP contribution in [0.1, 0.15) is 25.3 Å². The number of nitrogens with zero attached hydrogens (tertiary/aromatic N) is 1. The topological polar surface area (TPSA) is 94.2 Å². The number of hydrogen-bond acceptors (Lipinski definition) is 5. The first-order valence-electron chi connectivity index (χ1n) is 9.34. The first-order chi connectivity index (χ1) is 14.2. The predicted molar refractivity (Wildman–Crippen MR) is 114 cm³/mol. The third-order valence-electron chi connectivity index (χ3n) is 4.62. The Hall–Kier alpha value is -2.26. The molecule has 2 aromatic carbocycles. The third-order valence-corrected chi connectivity index (χ3v) is 5.73. The van der Waals surface area contributed by atoms with Gasteiger partial charge in [-0.05, 0) is 36.2 Å². The number of anilines is 2. The van der Waals surface area contributed by atoms with Gasteiger partial charge in [-0.15, -0.1) is 11.3 Å². The maximum Gasteiger partial charge on any atom is 1.00 e. The summed E-state index contributed by atoms with van der Waals surface area (Å²) in [6.45, 7) is 3.29. The molecule has 6 nitrogen and oxygen atoms in total. The van der Waals surface area contributed by atoms with Gasteiger partial charge in [0, 0.05) is 29.7 Å². The van der Waals surface area contributed by atoms with Crippen LogP contribution in [-0.2, 0) is 11.2 Å². The molecule has 1 aromatic heterocycles. The minimum Gasteiger partial charge on any atom is -0.550 e. The van der Waals surface area contributed by atoms with E-state index in [1.54, 1.807) is 44.3 Å². The summed E-state index contributed by atoms with van der Waals surface area (Å²) in [4.78, 5) is 28.5. The van der Waals surface area contributed by atoms with Crippen molar-refractivity contribution in [3.8, 4) is 10.4 Å².